The first-order chi connectivity index (χ1) is 15.9. The normalized spacial score (nSPS) is 20.6. The number of methoxy groups -OCH3 is 4. The van der Waals surface area contributed by atoms with Gasteiger partial charge in [0.15, 0.2) is 11.5 Å². The number of nitrogens with zero attached hydrogens (tertiary/aromatic N) is 1. The molecule has 0 saturated heterocycles. The topological polar surface area (TPSA) is 57.2 Å². The zero-order valence-electron chi connectivity index (χ0n) is 21.3. The molecule has 0 spiro atoms. The number of hydrogen-bond donors (Lipinski definition) is 0. The predicted molar refractivity (Wildman–Crippen MR) is 131 cm³/mol. The van der Waals surface area contributed by atoms with E-state index in [9.17, 15) is 4.79 Å². The van der Waals surface area contributed by atoms with E-state index >= 15 is 0 Å². The number of ether oxygens (including phenoxy) is 4. The summed E-state index contributed by atoms with van der Waals surface area (Å²) in [5.74, 6) is 3.17. The van der Waals surface area contributed by atoms with Crippen LogP contribution in [0, 0.1) is 17.3 Å². The van der Waals surface area contributed by atoms with Crippen molar-refractivity contribution in [2.45, 2.75) is 39.5 Å². The van der Waals surface area contributed by atoms with E-state index in [1.54, 1.807) is 28.4 Å². The van der Waals surface area contributed by atoms with Crippen molar-refractivity contribution in [3.8, 4) is 5.75 Å². The lowest BCUT2D eigenvalue weighted by atomic mass is 9.60. The Bertz CT molecular complexity index is 832. The van der Waals surface area contributed by atoms with Gasteiger partial charge < -0.3 is 28.6 Å². The molecule has 0 radical (unpaired) electrons. The Morgan fingerprint density at radius 2 is 1.82 bits per heavy atom. The maximum atomic E-state index is 11.6. The average Bonchev–Trinajstić information content (AvgIpc) is 2.82. The number of carbonyl (C=O) groups excluding carboxylic acids is 1. The summed E-state index contributed by atoms with van der Waals surface area (Å²) in [4.78, 5) is 14.0. The zero-order chi connectivity index (χ0) is 24.4. The number of rotatable bonds is 14. The molecule has 0 amide bonds. The molecule has 0 heterocycles. The standard InChI is InChI=1S/C27H41NO5/c1-20(2)27(22(13-17-29)19-24(31-5)25(32-6)26(27)33-7)14-9-15-28(3)16-12-21-10-8-11-23(18-21)30-4/h8,10-11,17-20,22H,9,12-16H2,1-7H3/t22-,27?/m1/s1. The van der Waals surface area contributed by atoms with Gasteiger partial charge in [0, 0.05) is 24.3 Å². The third-order valence-electron chi connectivity index (χ3n) is 6.92. The van der Waals surface area contributed by atoms with Crippen molar-refractivity contribution < 1.29 is 23.7 Å². The molecule has 1 unspecified atom stereocenters. The Kier molecular flexibility index (Phi) is 10.3. The van der Waals surface area contributed by atoms with Crippen molar-refractivity contribution in [3.05, 3.63) is 53.2 Å². The second kappa shape index (κ2) is 12.7. The summed E-state index contributed by atoms with van der Waals surface area (Å²) in [5, 5.41) is 0. The smallest absolute Gasteiger partial charge is 0.199 e. The molecule has 0 fully saturated rings. The molecule has 1 aliphatic rings. The Hall–Kier alpha value is -2.47. The highest BCUT2D eigenvalue weighted by atomic mass is 16.5. The molecule has 33 heavy (non-hydrogen) atoms. The van der Waals surface area contributed by atoms with Crippen molar-refractivity contribution in [3.63, 3.8) is 0 Å². The molecule has 6 nitrogen and oxygen atoms in total. The molecule has 184 valence electrons. The minimum atomic E-state index is -0.337. The number of allylic oxidation sites excluding steroid dienone is 2. The first-order valence-electron chi connectivity index (χ1n) is 11.7. The van der Waals surface area contributed by atoms with Crippen LogP contribution < -0.4 is 4.74 Å². The number of aldehydes is 1. The van der Waals surface area contributed by atoms with Crippen LogP contribution in [0.15, 0.2) is 47.6 Å². The van der Waals surface area contributed by atoms with Crippen molar-refractivity contribution in [2.24, 2.45) is 17.3 Å². The van der Waals surface area contributed by atoms with E-state index in [2.05, 4.69) is 37.9 Å². The van der Waals surface area contributed by atoms with Gasteiger partial charge in [-0.25, -0.2) is 0 Å². The Balaban J connectivity index is 2.15. The van der Waals surface area contributed by atoms with Crippen molar-refractivity contribution in [1.29, 1.82) is 0 Å². The summed E-state index contributed by atoms with van der Waals surface area (Å²) < 4.78 is 22.6. The second-order valence-electron chi connectivity index (χ2n) is 9.01. The molecule has 6 heteroatoms. The summed E-state index contributed by atoms with van der Waals surface area (Å²) in [6, 6.07) is 8.23. The quantitative estimate of drug-likeness (QED) is 0.371. The van der Waals surface area contributed by atoms with Gasteiger partial charge in [-0.05, 0) is 62.5 Å². The van der Waals surface area contributed by atoms with Crippen molar-refractivity contribution >= 4 is 6.29 Å². The summed E-state index contributed by atoms with van der Waals surface area (Å²) in [5.41, 5.74) is 0.932. The predicted octanol–water partition coefficient (Wildman–Crippen LogP) is 4.85. The minimum absolute atomic E-state index is 0.0131. The molecule has 0 saturated carbocycles. The van der Waals surface area contributed by atoms with Gasteiger partial charge in [0.05, 0.1) is 28.4 Å². The van der Waals surface area contributed by atoms with E-state index < -0.39 is 0 Å². The van der Waals surface area contributed by atoms with Gasteiger partial charge in [0.25, 0.3) is 0 Å². The molecule has 1 aromatic carbocycles. The maximum absolute atomic E-state index is 11.6. The highest BCUT2D eigenvalue weighted by Gasteiger charge is 2.49. The van der Waals surface area contributed by atoms with E-state index in [4.69, 9.17) is 18.9 Å². The van der Waals surface area contributed by atoms with Crippen LogP contribution in [-0.2, 0) is 25.4 Å². The fourth-order valence-electron chi connectivity index (χ4n) is 5.10. The second-order valence-corrected chi connectivity index (χ2v) is 9.01. The number of carbonyl (C=O) groups is 1. The number of likely N-dealkylation sites (N-methyl/N-ethyl adjacent to an activating group) is 1. The molecule has 1 aromatic rings. The van der Waals surface area contributed by atoms with Crippen LogP contribution in [0.1, 0.15) is 38.7 Å². The Morgan fingerprint density at radius 1 is 1.06 bits per heavy atom. The lowest BCUT2D eigenvalue weighted by Crippen LogP contribution is -2.42. The van der Waals surface area contributed by atoms with Gasteiger partial charge in [-0.2, -0.15) is 0 Å². The van der Waals surface area contributed by atoms with Crippen LogP contribution in [0.3, 0.4) is 0 Å². The van der Waals surface area contributed by atoms with Crippen LogP contribution >= 0.6 is 0 Å². The summed E-state index contributed by atoms with van der Waals surface area (Å²) in [6.45, 7) is 6.31. The highest BCUT2D eigenvalue weighted by molar-refractivity contribution is 5.52. The van der Waals surface area contributed by atoms with Gasteiger partial charge >= 0.3 is 0 Å². The average molecular weight is 460 g/mol. The van der Waals surface area contributed by atoms with Crippen LogP contribution in [0.2, 0.25) is 0 Å². The SMILES string of the molecule is COC1=C[C@@H](CC=O)C(CCCN(C)CCc2cccc(OC)c2)(C(C)C)C(OC)=C1OC. The summed E-state index contributed by atoms with van der Waals surface area (Å²) in [7, 11) is 8.79. The fraction of sp³-hybridized carbons (Fsp3) is 0.593. The van der Waals surface area contributed by atoms with Crippen LogP contribution in [-0.4, -0.2) is 59.8 Å². The van der Waals surface area contributed by atoms with Gasteiger partial charge in [-0.15, -0.1) is 0 Å². The molecular formula is C27H41NO5. The van der Waals surface area contributed by atoms with E-state index in [-0.39, 0.29) is 17.3 Å². The molecular weight excluding hydrogens is 418 g/mol. The van der Waals surface area contributed by atoms with Gasteiger partial charge in [0.1, 0.15) is 17.8 Å². The van der Waals surface area contributed by atoms with Crippen LogP contribution in [0.4, 0.5) is 0 Å². The first-order valence-corrected chi connectivity index (χ1v) is 11.7. The molecule has 0 N–H and O–H groups in total. The van der Waals surface area contributed by atoms with Crippen molar-refractivity contribution in [2.75, 3.05) is 48.6 Å². The lowest BCUT2D eigenvalue weighted by Gasteiger charge is -2.46. The molecule has 0 aromatic heterocycles. The molecule has 1 aliphatic carbocycles. The van der Waals surface area contributed by atoms with E-state index in [0.29, 0.717) is 17.9 Å². The van der Waals surface area contributed by atoms with E-state index in [1.807, 2.05) is 18.2 Å². The largest absolute Gasteiger partial charge is 0.497 e. The zero-order valence-corrected chi connectivity index (χ0v) is 21.3. The van der Waals surface area contributed by atoms with Crippen molar-refractivity contribution in [1.82, 2.24) is 4.90 Å². The Labute approximate surface area is 199 Å². The Morgan fingerprint density at radius 3 is 2.39 bits per heavy atom. The highest BCUT2D eigenvalue weighted by Crippen LogP contribution is 2.53. The maximum Gasteiger partial charge on any atom is 0.199 e. The lowest BCUT2D eigenvalue weighted by molar-refractivity contribution is -0.109. The summed E-state index contributed by atoms with van der Waals surface area (Å²) >= 11 is 0. The molecule has 2 atom stereocenters. The third kappa shape index (κ3) is 6.11. The first kappa shape index (κ1) is 26.8. The molecule has 2 rings (SSSR count). The molecule has 0 bridgehead atoms. The summed E-state index contributed by atoms with van der Waals surface area (Å²) in [6.07, 6.45) is 6.28. The minimum Gasteiger partial charge on any atom is -0.497 e. The van der Waals surface area contributed by atoms with Crippen LogP contribution in [0.5, 0.6) is 5.75 Å². The van der Waals surface area contributed by atoms with Crippen LogP contribution in [0.25, 0.3) is 0 Å². The number of hydrogen-bond acceptors (Lipinski definition) is 6. The van der Waals surface area contributed by atoms with Gasteiger partial charge in [-0.1, -0.05) is 26.0 Å². The fourth-order valence-corrected chi connectivity index (χ4v) is 5.10. The molecule has 0 aliphatic heterocycles. The van der Waals surface area contributed by atoms with Gasteiger partial charge in [-0.3, -0.25) is 0 Å². The van der Waals surface area contributed by atoms with E-state index in [1.165, 1.54) is 5.56 Å². The monoisotopic (exact) mass is 459 g/mol. The number of benzene rings is 1. The third-order valence-corrected chi connectivity index (χ3v) is 6.92. The van der Waals surface area contributed by atoms with Gasteiger partial charge in [0.2, 0.25) is 0 Å². The van der Waals surface area contributed by atoms with E-state index in [0.717, 1.165) is 50.1 Å².